The lowest BCUT2D eigenvalue weighted by molar-refractivity contribution is 0.618. The molecule has 1 N–H and O–H groups in total. The van der Waals surface area contributed by atoms with E-state index in [1.54, 1.807) is 0 Å². The van der Waals surface area contributed by atoms with Gasteiger partial charge in [-0.15, -0.1) is 6.58 Å². The number of nitrogens with one attached hydrogen (secondary N) is 1. The Morgan fingerprint density at radius 2 is 1.58 bits per heavy atom. The van der Waals surface area contributed by atoms with Gasteiger partial charge in [0.15, 0.2) is 0 Å². The first-order valence-electron chi connectivity index (χ1n) is 10.7. The molecule has 0 aliphatic rings. The Bertz CT molecular complexity index is 290. The molecule has 2 nitrogen and oxygen atoms in total. The lowest BCUT2D eigenvalue weighted by Gasteiger charge is -2.10. The molecule has 142 valence electrons. The predicted molar refractivity (Wildman–Crippen MR) is 115 cm³/mol. The van der Waals surface area contributed by atoms with E-state index in [0.29, 0.717) is 0 Å². The molecule has 0 bridgehead atoms. The molecule has 0 radical (unpaired) electrons. The maximum Gasteiger partial charge on any atom is 0.0962 e. The molecular weight excluding hydrogens is 308 g/mol. The summed E-state index contributed by atoms with van der Waals surface area (Å²) in [6.45, 7) is 10.5. The summed E-state index contributed by atoms with van der Waals surface area (Å²) in [5.41, 5.74) is 0. The third-order valence-electron chi connectivity index (χ3n) is 4.50. The Morgan fingerprint density at radius 1 is 0.917 bits per heavy atom. The van der Waals surface area contributed by atoms with Gasteiger partial charge >= 0.3 is 0 Å². The maximum atomic E-state index is 4.87. The molecule has 3 heteroatoms. The van der Waals surface area contributed by atoms with Gasteiger partial charge in [0.25, 0.3) is 0 Å². The highest BCUT2D eigenvalue weighted by atomic mass is 28.2. The minimum absolute atomic E-state index is 0.101. The van der Waals surface area contributed by atoms with Gasteiger partial charge in [-0.2, -0.15) is 0 Å². The summed E-state index contributed by atoms with van der Waals surface area (Å²) in [4.78, 5) is 4.87. The van der Waals surface area contributed by atoms with Crippen molar-refractivity contribution < 1.29 is 0 Å². The number of rotatable bonds is 18. The molecule has 0 saturated heterocycles. The number of hydrogen-bond acceptors (Lipinski definition) is 1. The standard InChI is InChI=1S/C21H44N2Si/c1-4-7-9-11-13-17-22-21(16-15-20-24-19-6-3)23-18-14-12-10-8-5-2/h6H,3-5,7-20,24H2,1-2H3,(H,22,23). The van der Waals surface area contributed by atoms with E-state index in [2.05, 4.69) is 31.8 Å². The number of allylic oxidation sites excluding steroid dienone is 1. The van der Waals surface area contributed by atoms with Crippen LogP contribution in [-0.2, 0) is 0 Å². The number of amidine groups is 1. The summed E-state index contributed by atoms with van der Waals surface area (Å²) in [5.74, 6) is 1.29. The van der Waals surface area contributed by atoms with Crippen molar-refractivity contribution >= 4 is 15.4 Å². The smallest absolute Gasteiger partial charge is 0.0962 e. The summed E-state index contributed by atoms with van der Waals surface area (Å²) < 4.78 is 0. The van der Waals surface area contributed by atoms with Crippen molar-refractivity contribution in [1.29, 1.82) is 0 Å². The van der Waals surface area contributed by atoms with Crippen LogP contribution in [0.15, 0.2) is 17.6 Å². The molecule has 0 aromatic carbocycles. The molecule has 0 aliphatic heterocycles. The maximum absolute atomic E-state index is 4.87. The van der Waals surface area contributed by atoms with Crippen LogP contribution < -0.4 is 5.32 Å². The number of aliphatic imine (C=N–C) groups is 1. The molecule has 0 spiro atoms. The first-order chi connectivity index (χ1) is 11.8. The van der Waals surface area contributed by atoms with Crippen molar-refractivity contribution in [3.8, 4) is 0 Å². The SMILES string of the molecule is C=CC[SiH2]CCCC(=NCCCCCCC)NCCCCCCC. The minimum Gasteiger partial charge on any atom is -0.374 e. The van der Waals surface area contributed by atoms with Gasteiger partial charge in [-0.25, -0.2) is 0 Å². The van der Waals surface area contributed by atoms with Crippen molar-refractivity contribution in [3.05, 3.63) is 12.7 Å². The first-order valence-corrected chi connectivity index (χ1v) is 12.7. The van der Waals surface area contributed by atoms with E-state index in [0.717, 1.165) is 19.5 Å². The molecule has 0 aliphatic carbocycles. The van der Waals surface area contributed by atoms with Crippen LogP contribution in [0.5, 0.6) is 0 Å². The van der Waals surface area contributed by atoms with Crippen molar-refractivity contribution in [1.82, 2.24) is 5.32 Å². The minimum atomic E-state index is 0.101. The van der Waals surface area contributed by atoms with Gasteiger partial charge in [-0.3, -0.25) is 4.99 Å². The van der Waals surface area contributed by atoms with Crippen LogP contribution in [-0.4, -0.2) is 28.4 Å². The number of unbranched alkanes of at least 4 members (excludes halogenated alkanes) is 8. The van der Waals surface area contributed by atoms with Crippen molar-refractivity contribution in [3.63, 3.8) is 0 Å². The van der Waals surface area contributed by atoms with Gasteiger partial charge in [0, 0.05) is 29.0 Å². The lowest BCUT2D eigenvalue weighted by atomic mass is 10.1. The Morgan fingerprint density at radius 3 is 2.25 bits per heavy atom. The van der Waals surface area contributed by atoms with Gasteiger partial charge in [0.05, 0.1) is 5.84 Å². The molecule has 24 heavy (non-hydrogen) atoms. The second-order valence-corrected chi connectivity index (χ2v) is 8.96. The summed E-state index contributed by atoms with van der Waals surface area (Å²) in [6.07, 6.45) is 18.0. The van der Waals surface area contributed by atoms with Crippen LogP contribution in [0.25, 0.3) is 0 Å². The molecule has 0 rings (SSSR count). The Kier molecular flexibility index (Phi) is 20.0. The Labute approximate surface area is 154 Å². The van der Waals surface area contributed by atoms with Crippen LogP contribution in [0.3, 0.4) is 0 Å². The fourth-order valence-corrected chi connectivity index (χ4v) is 4.05. The molecule has 0 unspecified atom stereocenters. The van der Waals surface area contributed by atoms with E-state index >= 15 is 0 Å². The van der Waals surface area contributed by atoms with E-state index < -0.39 is 0 Å². The molecule has 0 saturated carbocycles. The fourth-order valence-electron chi connectivity index (χ4n) is 2.87. The molecule has 0 heterocycles. The topological polar surface area (TPSA) is 24.4 Å². The monoisotopic (exact) mass is 352 g/mol. The quantitative estimate of drug-likeness (QED) is 0.107. The van der Waals surface area contributed by atoms with E-state index in [-0.39, 0.29) is 9.52 Å². The second-order valence-electron chi connectivity index (χ2n) is 6.97. The van der Waals surface area contributed by atoms with Crippen molar-refractivity contribution in [2.75, 3.05) is 13.1 Å². The van der Waals surface area contributed by atoms with Gasteiger partial charge in [0.2, 0.25) is 0 Å². The first kappa shape index (κ1) is 23.4. The summed E-state index contributed by atoms with van der Waals surface area (Å²) >= 11 is 0. The van der Waals surface area contributed by atoms with Crippen LogP contribution in [0.4, 0.5) is 0 Å². The summed E-state index contributed by atoms with van der Waals surface area (Å²) in [6, 6.07) is 2.72. The largest absolute Gasteiger partial charge is 0.374 e. The van der Waals surface area contributed by atoms with Crippen molar-refractivity contribution in [2.45, 2.75) is 103 Å². The second kappa shape index (κ2) is 20.5. The third-order valence-corrected chi connectivity index (χ3v) is 6.31. The van der Waals surface area contributed by atoms with E-state index in [1.807, 2.05) is 0 Å². The van der Waals surface area contributed by atoms with Gasteiger partial charge in [-0.1, -0.05) is 77.3 Å². The van der Waals surface area contributed by atoms with Crippen LogP contribution in [0.1, 0.15) is 90.9 Å². The van der Waals surface area contributed by atoms with E-state index in [9.17, 15) is 0 Å². The highest BCUT2D eigenvalue weighted by Crippen LogP contribution is 2.05. The molecule has 0 aromatic rings. The molecule has 0 amide bonds. The zero-order valence-corrected chi connectivity index (χ0v) is 18.2. The zero-order valence-electron chi connectivity index (χ0n) is 16.8. The van der Waals surface area contributed by atoms with Gasteiger partial charge < -0.3 is 5.32 Å². The lowest BCUT2D eigenvalue weighted by Crippen LogP contribution is -2.25. The Balaban J connectivity index is 3.91. The summed E-state index contributed by atoms with van der Waals surface area (Å²) in [5, 5.41) is 3.63. The number of nitrogens with zero attached hydrogens (tertiary/aromatic N) is 1. The predicted octanol–water partition coefficient (Wildman–Crippen LogP) is 5.89. The highest BCUT2D eigenvalue weighted by Gasteiger charge is 2.00. The number of hydrogen-bond donors (Lipinski definition) is 1. The van der Waals surface area contributed by atoms with Gasteiger partial charge in [0.1, 0.15) is 0 Å². The average molecular weight is 353 g/mol. The van der Waals surface area contributed by atoms with Gasteiger partial charge in [-0.05, 0) is 25.3 Å². The molecular formula is C21H44N2Si. The summed E-state index contributed by atoms with van der Waals surface area (Å²) in [7, 11) is 0.101. The Hall–Kier alpha value is -0.573. The molecule has 0 atom stereocenters. The molecule has 0 aromatic heterocycles. The zero-order chi connectivity index (χ0) is 17.7. The van der Waals surface area contributed by atoms with Crippen molar-refractivity contribution in [2.24, 2.45) is 4.99 Å². The van der Waals surface area contributed by atoms with Crippen LogP contribution >= 0.6 is 0 Å². The average Bonchev–Trinajstić information content (AvgIpc) is 2.60. The van der Waals surface area contributed by atoms with Crippen LogP contribution in [0.2, 0.25) is 12.1 Å². The highest BCUT2D eigenvalue weighted by molar-refractivity contribution is 6.36. The fraction of sp³-hybridized carbons (Fsp3) is 0.857. The van der Waals surface area contributed by atoms with E-state index in [1.165, 1.54) is 88.6 Å². The third kappa shape index (κ3) is 17.8. The van der Waals surface area contributed by atoms with E-state index in [4.69, 9.17) is 4.99 Å². The normalized spacial score (nSPS) is 12.2. The van der Waals surface area contributed by atoms with Crippen LogP contribution in [0, 0.1) is 0 Å². The molecule has 0 fully saturated rings.